The first-order valence-electron chi connectivity index (χ1n) is 9.56. The van der Waals surface area contributed by atoms with Gasteiger partial charge in [0.2, 0.25) is 11.8 Å². The zero-order chi connectivity index (χ0) is 19.7. The van der Waals surface area contributed by atoms with Gasteiger partial charge in [0.05, 0.1) is 26.3 Å². The number of rotatable bonds is 5. The van der Waals surface area contributed by atoms with Gasteiger partial charge in [-0.25, -0.2) is 0 Å². The molecule has 0 atom stereocenters. The van der Waals surface area contributed by atoms with Gasteiger partial charge in [-0.3, -0.25) is 9.59 Å². The first-order valence-corrected chi connectivity index (χ1v) is 9.56. The third-order valence-corrected chi connectivity index (χ3v) is 5.37. The Morgan fingerprint density at radius 2 is 1.79 bits per heavy atom. The van der Waals surface area contributed by atoms with Crippen molar-refractivity contribution in [2.24, 2.45) is 0 Å². The molecule has 1 N–H and O–H groups in total. The second kappa shape index (κ2) is 7.54. The van der Waals surface area contributed by atoms with Crippen LogP contribution in [0.25, 0.3) is 0 Å². The monoisotopic (exact) mass is 380 g/mol. The smallest absolute Gasteiger partial charge is 0.228 e. The summed E-state index contributed by atoms with van der Waals surface area (Å²) < 4.78 is 10.5. The maximum absolute atomic E-state index is 12.6. The number of hydrogen-bond donors (Lipinski definition) is 1. The van der Waals surface area contributed by atoms with E-state index in [1.807, 2.05) is 29.2 Å². The Morgan fingerprint density at radius 1 is 1.04 bits per heavy atom. The quantitative estimate of drug-likeness (QED) is 0.865. The summed E-state index contributed by atoms with van der Waals surface area (Å²) in [6, 6.07) is 9.50. The Labute approximate surface area is 164 Å². The van der Waals surface area contributed by atoms with E-state index >= 15 is 0 Å². The zero-order valence-corrected chi connectivity index (χ0v) is 16.2. The Morgan fingerprint density at radius 3 is 2.54 bits per heavy atom. The number of nitrogens with zero attached hydrogens (tertiary/aromatic N) is 1. The van der Waals surface area contributed by atoms with Crippen LogP contribution in [0.5, 0.6) is 11.5 Å². The Kier molecular flexibility index (Phi) is 4.94. The number of benzene rings is 2. The number of ether oxygens (including phenoxy) is 2. The lowest BCUT2D eigenvalue weighted by Gasteiger charge is -2.35. The van der Waals surface area contributed by atoms with Gasteiger partial charge in [0.25, 0.3) is 0 Å². The fourth-order valence-electron chi connectivity index (χ4n) is 4.11. The molecule has 2 amide bonds. The van der Waals surface area contributed by atoms with E-state index in [1.165, 1.54) is 0 Å². The van der Waals surface area contributed by atoms with E-state index in [4.69, 9.17) is 9.47 Å². The normalized spacial score (nSPS) is 15.1. The summed E-state index contributed by atoms with van der Waals surface area (Å²) in [6.45, 7) is 0.795. The molecule has 0 bridgehead atoms. The molecule has 2 aromatic rings. The molecule has 0 saturated heterocycles. The maximum atomic E-state index is 12.6. The molecule has 0 saturated carbocycles. The molecule has 4 rings (SSSR count). The molecule has 2 aromatic carbocycles. The molecule has 2 aliphatic heterocycles. The van der Waals surface area contributed by atoms with Gasteiger partial charge >= 0.3 is 0 Å². The highest BCUT2D eigenvalue weighted by molar-refractivity contribution is 5.99. The maximum Gasteiger partial charge on any atom is 0.228 e. The van der Waals surface area contributed by atoms with Crippen LogP contribution >= 0.6 is 0 Å². The van der Waals surface area contributed by atoms with Crippen molar-refractivity contribution in [3.8, 4) is 11.5 Å². The van der Waals surface area contributed by atoms with Crippen molar-refractivity contribution in [1.29, 1.82) is 0 Å². The fourth-order valence-corrected chi connectivity index (χ4v) is 4.11. The summed E-state index contributed by atoms with van der Waals surface area (Å²) >= 11 is 0. The number of amides is 2. The van der Waals surface area contributed by atoms with E-state index in [2.05, 4.69) is 5.32 Å². The van der Waals surface area contributed by atoms with E-state index in [9.17, 15) is 9.59 Å². The van der Waals surface area contributed by atoms with Crippen molar-refractivity contribution >= 4 is 23.2 Å². The highest BCUT2D eigenvalue weighted by Gasteiger charge is 2.29. The molecular weight excluding hydrogens is 356 g/mol. The van der Waals surface area contributed by atoms with Crippen LogP contribution in [0.3, 0.4) is 0 Å². The minimum atomic E-state index is -0.0843. The number of hydrogen-bond acceptors (Lipinski definition) is 4. The standard InChI is InChI=1S/C22H24N2O4/c1-27-18-7-5-14(10-19(18)28-2)11-20(25)23-17-12-15-4-3-9-24-21(26)8-6-16(13-17)22(15)24/h5,7,10,12-13H,3-4,6,8-9,11H2,1-2H3,(H,23,25). The first kappa shape index (κ1) is 18.3. The second-order valence-electron chi connectivity index (χ2n) is 7.21. The molecule has 2 aliphatic rings. The predicted octanol–water partition coefficient (Wildman–Crippen LogP) is 3.11. The lowest BCUT2D eigenvalue weighted by molar-refractivity contribution is -0.119. The molecule has 0 fully saturated rings. The van der Waals surface area contributed by atoms with Crippen LogP contribution in [0.4, 0.5) is 11.4 Å². The van der Waals surface area contributed by atoms with Crippen LogP contribution in [-0.4, -0.2) is 32.6 Å². The molecule has 0 spiro atoms. The molecule has 0 aliphatic carbocycles. The van der Waals surface area contributed by atoms with Crippen molar-refractivity contribution < 1.29 is 19.1 Å². The topological polar surface area (TPSA) is 67.9 Å². The molecule has 6 nitrogen and oxygen atoms in total. The number of carbonyl (C=O) groups excluding carboxylic acids is 2. The van der Waals surface area contributed by atoms with E-state index < -0.39 is 0 Å². The van der Waals surface area contributed by atoms with Crippen LogP contribution in [-0.2, 0) is 28.9 Å². The van der Waals surface area contributed by atoms with Gasteiger partial charge in [0.1, 0.15) is 0 Å². The number of carbonyl (C=O) groups is 2. The van der Waals surface area contributed by atoms with Gasteiger partial charge in [-0.2, -0.15) is 0 Å². The first-order chi connectivity index (χ1) is 13.6. The number of aryl methyl sites for hydroxylation is 2. The summed E-state index contributed by atoms with van der Waals surface area (Å²) in [5.74, 6) is 1.37. The van der Waals surface area contributed by atoms with E-state index in [-0.39, 0.29) is 18.2 Å². The summed E-state index contributed by atoms with van der Waals surface area (Å²) in [7, 11) is 3.16. The molecule has 28 heavy (non-hydrogen) atoms. The van der Waals surface area contributed by atoms with E-state index in [0.29, 0.717) is 17.9 Å². The van der Waals surface area contributed by atoms with Crippen LogP contribution in [0.2, 0.25) is 0 Å². The van der Waals surface area contributed by atoms with Crippen molar-refractivity contribution in [2.45, 2.75) is 32.1 Å². The minimum absolute atomic E-state index is 0.0843. The van der Waals surface area contributed by atoms with Gasteiger partial charge in [-0.1, -0.05) is 6.07 Å². The molecule has 2 heterocycles. The molecular formula is C22H24N2O4. The lowest BCUT2D eigenvalue weighted by Crippen LogP contribution is -2.39. The van der Waals surface area contributed by atoms with E-state index in [0.717, 1.165) is 53.9 Å². The minimum Gasteiger partial charge on any atom is -0.493 e. The van der Waals surface area contributed by atoms with Crippen molar-refractivity contribution in [2.75, 3.05) is 31.0 Å². The highest BCUT2D eigenvalue weighted by Crippen LogP contribution is 2.38. The summed E-state index contributed by atoms with van der Waals surface area (Å²) in [4.78, 5) is 26.7. The van der Waals surface area contributed by atoms with Gasteiger partial charge in [0, 0.05) is 18.7 Å². The fraction of sp³-hybridized carbons (Fsp3) is 0.364. The molecule has 0 aromatic heterocycles. The SMILES string of the molecule is COc1ccc(CC(=O)Nc2cc3c4c(c2)CCC(=O)N4CCC3)cc1OC. The second-order valence-corrected chi connectivity index (χ2v) is 7.21. The Balaban J connectivity index is 1.52. The highest BCUT2D eigenvalue weighted by atomic mass is 16.5. The van der Waals surface area contributed by atoms with Gasteiger partial charge in [-0.05, 0) is 60.2 Å². The molecule has 0 unspecified atom stereocenters. The average Bonchev–Trinajstić information content (AvgIpc) is 2.70. The molecule has 6 heteroatoms. The van der Waals surface area contributed by atoms with Gasteiger partial charge in [-0.15, -0.1) is 0 Å². The summed E-state index contributed by atoms with van der Waals surface area (Å²) in [5.41, 5.74) is 5.03. The lowest BCUT2D eigenvalue weighted by atomic mass is 9.91. The van der Waals surface area contributed by atoms with Gasteiger partial charge in [0.15, 0.2) is 11.5 Å². The number of anilines is 2. The zero-order valence-electron chi connectivity index (χ0n) is 16.2. The summed E-state index contributed by atoms with van der Waals surface area (Å²) in [5, 5.41) is 3.02. The number of methoxy groups -OCH3 is 2. The van der Waals surface area contributed by atoms with Gasteiger partial charge < -0.3 is 19.7 Å². The third kappa shape index (κ3) is 3.42. The van der Waals surface area contributed by atoms with Crippen molar-refractivity contribution in [3.63, 3.8) is 0 Å². The largest absolute Gasteiger partial charge is 0.493 e. The Bertz CT molecular complexity index is 921. The van der Waals surface area contributed by atoms with Crippen molar-refractivity contribution in [1.82, 2.24) is 0 Å². The molecule has 0 radical (unpaired) electrons. The van der Waals surface area contributed by atoms with Crippen LogP contribution < -0.4 is 19.7 Å². The van der Waals surface area contributed by atoms with Crippen LogP contribution in [0, 0.1) is 0 Å². The third-order valence-electron chi connectivity index (χ3n) is 5.37. The Hall–Kier alpha value is -3.02. The summed E-state index contributed by atoms with van der Waals surface area (Å²) in [6.07, 6.45) is 3.41. The number of nitrogens with one attached hydrogen (secondary N) is 1. The van der Waals surface area contributed by atoms with E-state index in [1.54, 1.807) is 20.3 Å². The van der Waals surface area contributed by atoms with Crippen LogP contribution in [0.1, 0.15) is 29.5 Å². The van der Waals surface area contributed by atoms with Crippen molar-refractivity contribution in [3.05, 3.63) is 47.0 Å². The predicted molar refractivity (Wildman–Crippen MR) is 107 cm³/mol. The molecule has 146 valence electrons. The van der Waals surface area contributed by atoms with Crippen LogP contribution in [0.15, 0.2) is 30.3 Å². The average molecular weight is 380 g/mol.